The van der Waals surface area contributed by atoms with E-state index in [-0.39, 0.29) is 9.85 Å². The van der Waals surface area contributed by atoms with Gasteiger partial charge in [-0.25, -0.2) is 0 Å². The second-order valence-corrected chi connectivity index (χ2v) is 8.12. The van der Waals surface area contributed by atoms with Crippen molar-refractivity contribution in [2.24, 2.45) is 5.41 Å². The summed E-state index contributed by atoms with van der Waals surface area (Å²) in [6.45, 7) is 7.10. The molecule has 0 bridgehead atoms. The Morgan fingerprint density at radius 2 is 1.14 bits per heavy atom. The van der Waals surface area contributed by atoms with Gasteiger partial charge in [-0.05, 0) is 49.9 Å². The number of aryl methyl sites for hydroxylation is 2. The van der Waals surface area contributed by atoms with Crippen LogP contribution in [0, 0.1) is 39.5 Å². The molecule has 4 atom stereocenters. The summed E-state index contributed by atoms with van der Waals surface area (Å²) in [5.41, 5.74) is 2.28. The molecule has 7 nitrogen and oxygen atoms in total. The molecule has 1 aliphatic rings. The van der Waals surface area contributed by atoms with E-state index < -0.39 is 29.6 Å². The molecule has 1 heterocycles. The molecule has 1 saturated heterocycles. The van der Waals surface area contributed by atoms with Crippen LogP contribution in [0.25, 0.3) is 0 Å². The molecule has 1 N–H and O–H groups in total. The quantitative estimate of drug-likeness (QED) is 0.635. The summed E-state index contributed by atoms with van der Waals surface area (Å²) in [4.78, 5) is 23.4. The van der Waals surface area contributed by atoms with Gasteiger partial charge in [0.1, 0.15) is 17.5 Å². The topological polar surface area (TPSA) is 98.3 Å². The van der Waals surface area contributed by atoms with Gasteiger partial charge >= 0.3 is 0 Å². The van der Waals surface area contributed by atoms with Crippen molar-refractivity contribution in [1.82, 2.24) is 5.32 Å². The molecule has 1 aliphatic heterocycles. The Labute approximate surface area is 164 Å². The lowest BCUT2D eigenvalue weighted by molar-refractivity contribution is -0.605. The summed E-state index contributed by atoms with van der Waals surface area (Å²) in [5, 5.41) is 27.5. The summed E-state index contributed by atoms with van der Waals surface area (Å²) in [7, 11) is 0. The molecule has 0 aliphatic carbocycles. The maximum absolute atomic E-state index is 12.1. The summed E-state index contributed by atoms with van der Waals surface area (Å²) in [6, 6.07) is 11.5. The Balaban J connectivity index is 2.21. The molecule has 3 rings (SSSR count). The number of nitrogens with one attached hydrogen (secondary N) is 1. The first kappa shape index (κ1) is 19.9. The molecule has 7 heteroatoms. The van der Waals surface area contributed by atoms with E-state index >= 15 is 0 Å². The fraction of sp³-hybridized carbons (Fsp3) is 0.429. The van der Waals surface area contributed by atoms with E-state index in [0.29, 0.717) is 0 Å². The van der Waals surface area contributed by atoms with Gasteiger partial charge in [0.25, 0.3) is 0 Å². The largest absolute Gasteiger partial charge is 0.291 e. The molecule has 0 radical (unpaired) electrons. The SMILES string of the molecule is Cc1ccccc1[C@H]1N[C@@H](c2ccccc2C)[C@@H]([N+](=O)[O-])C(C)(C)[C@H]1[N+](=O)[O-]. The number of hydrogen-bond donors (Lipinski definition) is 1. The normalized spacial score (nSPS) is 26.6. The van der Waals surface area contributed by atoms with Crippen LogP contribution in [0.3, 0.4) is 0 Å². The van der Waals surface area contributed by atoms with Crippen molar-refractivity contribution >= 4 is 0 Å². The zero-order chi connectivity index (χ0) is 20.6. The molecule has 0 aromatic heterocycles. The average molecular weight is 383 g/mol. The van der Waals surface area contributed by atoms with Crippen molar-refractivity contribution in [3.8, 4) is 0 Å². The van der Waals surface area contributed by atoms with Crippen molar-refractivity contribution in [3.05, 3.63) is 91.0 Å². The lowest BCUT2D eigenvalue weighted by atomic mass is 9.66. The van der Waals surface area contributed by atoms with Crippen LogP contribution >= 0.6 is 0 Å². The minimum Gasteiger partial charge on any atom is -0.291 e. The standard InChI is InChI=1S/C21H25N3O4/c1-13-9-5-7-11-15(13)17-19(23(25)26)21(3,4)20(24(27)28)18(22-17)16-12-8-6-10-14(16)2/h5-12,17-20,22H,1-4H3/t17-,18+,19+,20-. The molecule has 2 aromatic carbocycles. The van der Waals surface area contributed by atoms with Gasteiger partial charge in [0.05, 0.1) is 0 Å². The van der Waals surface area contributed by atoms with Crippen molar-refractivity contribution < 1.29 is 9.85 Å². The third-order valence-corrected chi connectivity index (χ3v) is 6.02. The first-order chi connectivity index (χ1) is 13.2. The van der Waals surface area contributed by atoms with Gasteiger partial charge in [-0.1, -0.05) is 48.5 Å². The zero-order valence-electron chi connectivity index (χ0n) is 16.5. The molecule has 0 saturated carbocycles. The molecular weight excluding hydrogens is 358 g/mol. The predicted octanol–water partition coefficient (Wildman–Crippen LogP) is 4.01. The Morgan fingerprint density at radius 1 is 0.786 bits per heavy atom. The predicted molar refractivity (Wildman–Crippen MR) is 106 cm³/mol. The van der Waals surface area contributed by atoms with E-state index in [4.69, 9.17) is 0 Å². The van der Waals surface area contributed by atoms with Crippen LogP contribution in [0.2, 0.25) is 0 Å². The second-order valence-electron chi connectivity index (χ2n) is 8.12. The molecule has 0 spiro atoms. The Kier molecular flexibility index (Phi) is 5.21. The van der Waals surface area contributed by atoms with Gasteiger partial charge in [-0.15, -0.1) is 0 Å². The van der Waals surface area contributed by atoms with E-state index in [9.17, 15) is 20.2 Å². The van der Waals surface area contributed by atoms with Crippen LogP contribution in [-0.2, 0) is 0 Å². The van der Waals surface area contributed by atoms with Gasteiger partial charge in [0.15, 0.2) is 0 Å². The van der Waals surface area contributed by atoms with E-state index in [1.807, 2.05) is 62.4 Å². The molecule has 2 aromatic rings. The lowest BCUT2D eigenvalue weighted by Crippen LogP contribution is -2.63. The van der Waals surface area contributed by atoms with E-state index in [2.05, 4.69) is 5.32 Å². The Bertz CT molecular complexity index is 841. The van der Waals surface area contributed by atoms with Gasteiger partial charge < -0.3 is 0 Å². The third-order valence-electron chi connectivity index (χ3n) is 6.02. The van der Waals surface area contributed by atoms with Crippen molar-refractivity contribution in [2.75, 3.05) is 0 Å². The second kappa shape index (κ2) is 7.31. The van der Waals surface area contributed by atoms with Gasteiger partial charge in [-0.3, -0.25) is 25.5 Å². The summed E-state index contributed by atoms with van der Waals surface area (Å²) >= 11 is 0. The number of rotatable bonds is 4. The lowest BCUT2D eigenvalue weighted by Gasteiger charge is -2.45. The van der Waals surface area contributed by atoms with Gasteiger partial charge in [0.2, 0.25) is 12.1 Å². The van der Waals surface area contributed by atoms with Crippen LogP contribution in [-0.4, -0.2) is 21.9 Å². The fourth-order valence-corrected chi connectivity index (χ4v) is 4.59. The highest BCUT2D eigenvalue weighted by Gasteiger charge is 2.63. The number of piperidine rings is 1. The average Bonchev–Trinajstić information content (AvgIpc) is 2.60. The van der Waals surface area contributed by atoms with Gasteiger partial charge in [-0.2, -0.15) is 0 Å². The van der Waals surface area contributed by atoms with Crippen molar-refractivity contribution in [3.63, 3.8) is 0 Å². The smallest absolute Gasteiger partial charge is 0.243 e. The summed E-state index contributed by atoms with van der Waals surface area (Å²) in [5.74, 6) is 0. The van der Waals surface area contributed by atoms with Crippen LogP contribution < -0.4 is 5.32 Å². The number of nitrogens with zero attached hydrogens (tertiary/aromatic N) is 2. The summed E-state index contributed by atoms with van der Waals surface area (Å²) < 4.78 is 0. The van der Waals surface area contributed by atoms with Crippen molar-refractivity contribution in [2.45, 2.75) is 51.9 Å². The number of benzene rings is 2. The van der Waals surface area contributed by atoms with Crippen LogP contribution in [0.15, 0.2) is 48.5 Å². The minimum atomic E-state index is -1.17. The molecule has 0 amide bonds. The molecule has 0 unspecified atom stereocenters. The zero-order valence-corrected chi connectivity index (χ0v) is 16.5. The molecule has 148 valence electrons. The van der Waals surface area contributed by atoms with Gasteiger partial charge in [0, 0.05) is 9.85 Å². The van der Waals surface area contributed by atoms with E-state index in [1.54, 1.807) is 13.8 Å². The number of nitro groups is 2. The first-order valence-electron chi connectivity index (χ1n) is 9.30. The van der Waals surface area contributed by atoms with Crippen LogP contribution in [0.4, 0.5) is 0 Å². The highest BCUT2D eigenvalue weighted by molar-refractivity contribution is 5.35. The first-order valence-corrected chi connectivity index (χ1v) is 9.30. The van der Waals surface area contributed by atoms with E-state index in [1.165, 1.54) is 0 Å². The maximum atomic E-state index is 12.1. The third kappa shape index (κ3) is 3.26. The fourth-order valence-electron chi connectivity index (χ4n) is 4.59. The molecule has 28 heavy (non-hydrogen) atoms. The maximum Gasteiger partial charge on any atom is 0.243 e. The Morgan fingerprint density at radius 3 is 1.46 bits per heavy atom. The van der Waals surface area contributed by atoms with Crippen molar-refractivity contribution in [1.29, 1.82) is 0 Å². The van der Waals surface area contributed by atoms with Crippen LogP contribution in [0.5, 0.6) is 0 Å². The number of hydrogen-bond acceptors (Lipinski definition) is 5. The van der Waals surface area contributed by atoms with E-state index in [0.717, 1.165) is 22.3 Å². The molecular formula is C21H25N3O4. The highest BCUT2D eigenvalue weighted by atomic mass is 16.6. The Hall–Kier alpha value is -2.80. The minimum absolute atomic E-state index is 0.366. The summed E-state index contributed by atoms with van der Waals surface area (Å²) in [6.07, 6.45) is 0. The molecule has 1 fully saturated rings. The monoisotopic (exact) mass is 383 g/mol. The van der Waals surface area contributed by atoms with Crippen LogP contribution in [0.1, 0.15) is 48.2 Å². The highest BCUT2D eigenvalue weighted by Crippen LogP contribution is 2.47.